The summed E-state index contributed by atoms with van der Waals surface area (Å²) in [5.74, 6) is -0.339. The summed E-state index contributed by atoms with van der Waals surface area (Å²) >= 11 is 6.05. The van der Waals surface area contributed by atoms with Gasteiger partial charge in [-0.15, -0.1) is 0 Å². The number of nitrogens with zero attached hydrogens (tertiary/aromatic N) is 1. The van der Waals surface area contributed by atoms with E-state index < -0.39 is 0 Å². The van der Waals surface area contributed by atoms with Gasteiger partial charge in [0.05, 0.1) is 16.9 Å². The highest BCUT2D eigenvalue weighted by atomic mass is 35.5. The Bertz CT molecular complexity index is 525. The van der Waals surface area contributed by atoms with Gasteiger partial charge in [-0.1, -0.05) is 18.5 Å². The molecule has 0 radical (unpaired) electrons. The van der Waals surface area contributed by atoms with E-state index in [9.17, 15) is 4.39 Å². The molecule has 0 spiro atoms. The molecule has 0 aliphatic heterocycles. The molecule has 0 aliphatic rings. The van der Waals surface area contributed by atoms with Gasteiger partial charge in [-0.3, -0.25) is 5.10 Å². The normalized spacial score (nSPS) is 10.8. The summed E-state index contributed by atoms with van der Waals surface area (Å²) in [4.78, 5) is 0. The minimum absolute atomic E-state index is 0.339. The number of hydrogen-bond donors (Lipinski definition) is 2. The van der Waals surface area contributed by atoms with Gasteiger partial charge in [-0.05, 0) is 31.2 Å². The lowest BCUT2D eigenvalue weighted by Crippen LogP contribution is -2.13. The fourth-order valence-electron chi connectivity index (χ4n) is 1.77. The zero-order chi connectivity index (χ0) is 13.0. The van der Waals surface area contributed by atoms with Gasteiger partial charge in [0, 0.05) is 17.7 Å². The Morgan fingerprint density at radius 1 is 1.44 bits per heavy atom. The molecule has 2 aromatic rings. The van der Waals surface area contributed by atoms with Crippen molar-refractivity contribution in [1.82, 2.24) is 15.5 Å². The van der Waals surface area contributed by atoms with E-state index >= 15 is 0 Å². The van der Waals surface area contributed by atoms with Crippen molar-refractivity contribution in [3.05, 3.63) is 40.8 Å². The van der Waals surface area contributed by atoms with Crippen molar-refractivity contribution in [3.8, 4) is 11.3 Å². The molecule has 0 atom stereocenters. The maximum Gasteiger partial charge on any atom is 0.124 e. The van der Waals surface area contributed by atoms with E-state index in [0.29, 0.717) is 11.6 Å². The van der Waals surface area contributed by atoms with Crippen LogP contribution in [0.5, 0.6) is 0 Å². The Kier molecular flexibility index (Phi) is 4.33. The lowest BCUT2D eigenvalue weighted by atomic mass is 10.1. The molecule has 2 rings (SSSR count). The molecule has 96 valence electrons. The van der Waals surface area contributed by atoms with E-state index in [1.807, 2.05) is 0 Å². The van der Waals surface area contributed by atoms with Crippen LogP contribution in [0.2, 0.25) is 5.02 Å². The van der Waals surface area contributed by atoms with E-state index in [1.54, 1.807) is 12.3 Å². The molecule has 5 heteroatoms. The van der Waals surface area contributed by atoms with Crippen LogP contribution in [0.25, 0.3) is 11.3 Å². The third-order valence-electron chi connectivity index (χ3n) is 2.66. The maximum atomic E-state index is 13.0. The number of H-pyrrole nitrogens is 1. The van der Waals surface area contributed by atoms with Crippen LogP contribution in [0.4, 0.5) is 4.39 Å². The zero-order valence-electron chi connectivity index (χ0n) is 10.1. The molecule has 0 saturated heterocycles. The molecule has 1 aromatic heterocycles. The second-order valence-corrected chi connectivity index (χ2v) is 4.48. The lowest BCUT2D eigenvalue weighted by molar-refractivity contribution is 0.628. The van der Waals surface area contributed by atoms with Crippen molar-refractivity contribution in [2.45, 2.75) is 19.9 Å². The highest BCUT2D eigenvalue weighted by Crippen LogP contribution is 2.29. The van der Waals surface area contributed by atoms with Crippen molar-refractivity contribution in [1.29, 1.82) is 0 Å². The van der Waals surface area contributed by atoms with Gasteiger partial charge >= 0.3 is 0 Å². The summed E-state index contributed by atoms with van der Waals surface area (Å²) in [6.45, 7) is 3.77. The lowest BCUT2D eigenvalue weighted by Gasteiger charge is -2.06. The number of nitrogens with one attached hydrogen (secondary N) is 2. The number of halogens is 2. The van der Waals surface area contributed by atoms with E-state index in [1.165, 1.54) is 12.1 Å². The van der Waals surface area contributed by atoms with Crippen molar-refractivity contribution in [2.24, 2.45) is 0 Å². The number of rotatable bonds is 5. The predicted molar refractivity (Wildman–Crippen MR) is 71.0 cm³/mol. The monoisotopic (exact) mass is 267 g/mol. The van der Waals surface area contributed by atoms with Crippen LogP contribution in [0.1, 0.15) is 18.9 Å². The summed E-state index contributed by atoms with van der Waals surface area (Å²) in [7, 11) is 0. The Morgan fingerprint density at radius 3 is 3.00 bits per heavy atom. The molecule has 3 nitrogen and oxygen atoms in total. The molecule has 0 amide bonds. The van der Waals surface area contributed by atoms with Crippen LogP contribution in [0, 0.1) is 5.82 Å². The standard InChI is InChI=1S/C13H15ClFN3/c1-2-5-16-7-9-8-17-18-13(9)11-4-3-10(15)6-12(11)14/h3-4,6,8,16H,2,5,7H2,1H3,(H,17,18). The average Bonchev–Trinajstić information content (AvgIpc) is 2.78. The highest BCUT2D eigenvalue weighted by molar-refractivity contribution is 6.33. The van der Waals surface area contributed by atoms with Crippen LogP contribution in [-0.2, 0) is 6.54 Å². The first kappa shape index (κ1) is 13.1. The predicted octanol–water partition coefficient (Wildman–Crippen LogP) is 3.37. The zero-order valence-corrected chi connectivity index (χ0v) is 10.9. The minimum atomic E-state index is -0.339. The molecular formula is C13H15ClFN3. The smallest absolute Gasteiger partial charge is 0.124 e. The summed E-state index contributed by atoms with van der Waals surface area (Å²) < 4.78 is 13.0. The van der Waals surface area contributed by atoms with Crippen molar-refractivity contribution in [3.63, 3.8) is 0 Å². The average molecular weight is 268 g/mol. The maximum absolute atomic E-state index is 13.0. The van der Waals surface area contributed by atoms with Crippen molar-refractivity contribution >= 4 is 11.6 Å². The summed E-state index contributed by atoms with van der Waals surface area (Å²) in [6.07, 6.45) is 2.84. The van der Waals surface area contributed by atoms with E-state index in [0.717, 1.165) is 29.8 Å². The third kappa shape index (κ3) is 2.89. The summed E-state index contributed by atoms with van der Waals surface area (Å²) in [6, 6.07) is 4.36. The molecular weight excluding hydrogens is 253 g/mol. The quantitative estimate of drug-likeness (QED) is 0.816. The van der Waals surface area contributed by atoms with E-state index in [2.05, 4.69) is 22.4 Å². The van der Waals surface area contributed by atoms with Gasteiger partial charge in [-0.2, -0.15) is 5.10 Å². The number of aromatic amines is 1. The van der Waals surface area contributed by atoms with Crippen molar-refractivity contribution < 1.29 is 4.39 Å². The SMILES string of the molecule is CCCNCc1cn[nH]c1-c1ccc(F)cc1Cl. The van der Waals surface area contributed by atoms with Gasteiger partial charge in [0.25, 0.3) is 0 Å². The number of benzene rings is 1. The Labute approximate surface area is 110 Å². The first-order valence-electron chi connectivity index (χ1n) is 5.90. The van der Waals surface area contributed by atoms with E-state index in [4.69, 9.17) is 11.6 Å². The van der Waals surface area contributed by atoms with Gasteiger partial charge in [0.1, 0.15) is 5.82 Å². The molecule has 0 bridgehead atoms. The number of aromatic nitrogens is 2. The first-order valence-corrected chi connectivity index (χ1v) is 6.28. The second kappa shape index (κ2) is 5.98. The molecule has 18 heavy (non-hydrogen) atoms. The van der Waals surface area contributed by atoms with E-state index in [-0.39, 0.29) is 5.82 Å². The highest BCUT2D eigenvalue weighted by Gasteiger charge is 2.11. The third-order valence-corrected chi connectivity index (χ3v) is 2.97. The minimum Gasteiger partial charge on any atom is -0.313 e. The topological polar surface area (TPSA) is 40.7 Å². The molecule has 0 unspecified atom stereocenters. The van der Waals surface area contributed by atoms with Gasteiger partial charge in [0.2, 0.25) is 0 Å². The van der Waals surface area contributed by atoms with Gasteiger partial charge in [0.15, 0.2) is 0 Å². The second-order valence-electron chi connectivity index (χ2n) is 4.07. The largest absolute Gasteiger partial charge is 0.313 e. The Balaban J connectivity index is 2.25. The molecule has 0 saturated carbocycles. The molecule has 0 aliphatic carbocycles. The fourth-order valence-corrected chi connectivity index (χ4v) is 2.03. The van der Waals surface area contributed by atoms with Crippen LogP contribution in [0.15, 0.2) is 24.4 Å². The molecule has 1 aromatic carbocycles. The van der Waals surface area contributed by atoms with Gasteiger partial charge < -0.3 is 5.32 Å². The Morgan fingerprint density at radius 2 is 2.28 bits per heavy atom. The molecule has 0 fully saturated rings. The summed E-state index contributed by atoms with van der Waals surface area (Å²) in [5.41, 5.74) is 2.63. The molecule has 1 heterocycles. The van der Waals surface area contributed by atoms with Crippen LogP contribution >= 0.6 is 11.6 Å². The van der Waals surface area contributed by atoms with Crippen molar-refractivity contribution in [2.75, 3.05) is 6.54 Å². The van der Waals surface area contributed by atoms with Crippen LogP contribution in [-0.4, -0.2) is 16.7 Å². The van der Waals surface area contributed by atoms with Crippen LogP contribution < -0.4 is 5.32 Å². The van der Waals surface area contributed by atoms with Gasteiger partial charge in [-0.25, -0.2) is 4.39 Å². The Hall–Kier alpha value is -1.39. The van der Waals surface area contributed by atoms with Crippen LogP contribution in [0.3, 0.4) is 0 Å². The fraction of sp³-hybridized carbons (Fsp3) is 0.308. The molecule has 2 N–H and O–H groups in total. The number of hydrogen-bond acceptors (Lipinski definition) is 2. The first-order chi connectivity index (χ1) is 8.72. The summed E-state index contributed by atoms with van der Waals surface area (Å²) in [5, 5.41) is 10.6.